The average molecular weight is 313 g/mol. The summed E-state index contributed by atoms with van der Waals surface area (Å²) >= 11 is 1.01. The minimum absolute atomic E-state index is 0.0559. The Morgan fingerprint density at radius 1 is 1.19 bits per heavy atom. The zero-order valence-electron chi connectivity index (χ0n) is 11.6. The molecule has 0 saturated carbocycles. The number of hydrogen-bond donors (Lipinski definition) is 0. The van der Waals surface area contributed by atoms with Crippen LogP contribution in [0.25, 0.3) is 0 Å². The Labute approximate surface area is 125 Å². The van der Waals surface area contributed by atoms with Gasteiger partial charge in [0.1, 0.15) is 0 Å². The van der Waals surface area contributed by atoms with E-state index in [-0.39, 0.29) is 27.9 Å². The van der Waals surface area contributed by atoms with Crippen LogP contribution in [0.3, 0.4) is 0 Å². The molecule has 0 fully saturated rings. The highest BCUT2D eigenvalue weighted by Gasteiger charge is 2.21. The zero-order chi connectivity index (χ0) is 16.0. The van der Waals surface area contributed by atoms with Gasteiger partial charge in [0.05, 0.1) is 26.6 Å². The number of amides is 1. The highest BCUT2D eigenvalue weighted by atomic mass is 32.2. The molecule has 0 N–H and O–H groups in total. The van der Waals surface area contributed by atoms with Gasteiger partial charge in [-0.1, -0.05) is 0 Å². The van der Waals surface area contributed by atoms with E-state index in [1.807, 2.05) is 13.8 Å². The first-order valence-corrected chi connectivity index (χ1v) is 7.22. The van der Waals surface area contributed by atoms with Crippen LogP contribution < -0.4 is 0 Å². The van der Waals surface area contributed by atoms with E-state index in [2.05, 4.69) is 0 Å². The summed E-state index contributed by atoms with van der Waals surface area (Å²) in [5.41, 5.74) is -0.706. The Bertz CT molecular complexity index is 560. The van der Waals surface area contributed by atoms with Gasteiger partial charge in [0, 0.05) is 19.2 Å². The molecule has 21 heavy (non-hydrogen) atoms. The van der Waals surface area contributed by atoms with Gasteiger partial charge >= 0.3 is 0 Å². The first kappa shape index (κ1) is 16.9. The number of nitro groups is 2. The van der Waals surface area contributed by atoms with Crippen molar-refractivity contribution in [3.63, 3.8) is 0 Å². The molecule has 1 amide bonds. The summed E-state index contributed by atoms with van der Waals surface area (Å²) in [5, 5.41) is 21.6. The number of rotatable bonds is 7. The van der Waals surface area contributed by atoms with Gasteiger partial charge in [0.15, 0.2) is 0 Å². The van der Waals surface area contributed by atoms with Crippen LogP contribution in [0, 0.1) is 20.2 Å². The van der Waals surface area contributed by atoms with Crippen LogP contribution in [0.2, 0.25) is 0 Å². The molecule has 0 heterocycles. The third kappa shape index (κ3) is 4.42. The number of nitrogens with zero attached hydrogens (tertiary/aromatic N) is 3. The minimum Gasteiger partial charge on any atom is -0.343 e. The SMILES string of the molecule is CCN(CC)C(=O)CSc1ccc([N+](=O)[O-])cc1[N+](=O)[O-]. The van der Waals surface area contributed by atoms with E-state index < -0.39 is 9.85 Å². The fourth-order valence-corrected chi connectivity index (χ4v) is 2.60. The fraction of sp³-hybridized carbons (Fsp3) is 0.417. The maximum atomic E-state index is 11.9. The average Bonchev–Trinajstić information content (AvgIpc) is 2.45. The van der Waals surface area contributed by atoms with Crippen molar-refractivity contribution < 1.29 is 14.6 Å². The molecule has 114 valence electrons. The smallest absolute Gasteiger partial charge is 0.289 e. The van der Waals surface area contributed by atoms with E-state index in [4.69, 9.17) is 0 Å². The minimum atomic E-state index is -0.692. The first-order chi connectivity index (χ1) is 9.90. The summed E-state index contributed by atoms with van der Waals surface area (Å²) in [6.45, 7) is 4.83. The molecule has 0 saturated heterocycles. The Hall–Kier alpha value is -2.16. The lowest BCUT2D eigenvalue weighted by Gasteiger charge is -2.18. The van der Waals surface area contributed by atoms with Crippen LogP contribution >= 0.6 is 11.8 Å². The number of non-ortho nitro benzene ring substituents is 1. The summed E-state index contributed by atoms with van der Waals surface area (Å²) in [5.74, 6) is -0.0713. The van der Waals surface area contributed by atoms with E-state index in [0.717, 1.165) is 17.8 Å². The molecule has 0 aromatic heterocycles. The largest absolute Gasteiger partial charge is 0.343 e. The zero-order valence-corrected chi connectivity index (χ0v) is 12.5. The van der Waals surface area contributed by atoms with Crippen LogP contribution in [-0.2, 0) is 4.79 Å². The number of benzene rings is 1. The molecule has 1 rings (SSSR count). The van der Waals surface area contributed by atoms with Crippen molar-refractivity contribution in [1.82, 2.24) is 4.90 Å². The molecule has 0 aliphatic heterocycles. The lowest BCUT2D eigenvalue weighted by Crippen LogP contribution is -2.31. The van der Waals surface area contributed by atoms with Crippen LogP contribution in [0.1, 0.15) is 13.8 Å². The highest BCUT2D eigenvalue weighted by molar-refractivity contribution is 8.00. The third-order valence-corrected chi connectivity index (χ3v) is 3.86. The van der Waals surface area contributed by atoms with Gasteiger partial charge in [0.25, 0.3) is 11.4 Å². The van der Waals surface area contributed by atoms with Crippen LogP contribution in [0.5, 0.6) is 0 Å². The third-order valence-electron chi connectivity index (χ3n) is 2.82. The Morgan fingerprint density at radius 3 is 2.29 bits per heavy atom. The Morgan fingerprint density at radius 2 is 1.81 bits per heavy atom. The van der Waals surface area contributed by atoms with Crippen molar-refractivity contribution in [3.05, 3.63) is 38.4 Å². The van der Waals surface area contributed by atoms with E-state index in [9.17, 15) is 25.0 Å². The van der Waals surface area contributed by atoms with E-state index in [0.29, 0.717) is 13.1 Å². The summed E-state index contributed by atoms with van der Waals surface area (Å²) in [4.78, 5) is 33.9. The number of carbonyl (C=O) groups is 1. The van der Waals surface area contributed by atoms with E-state index in [1.54, 1.807) is 4.90 Å². The van der Waals surface area contributed by atoms with Gasteiger partial charge in [0.2, 0.25) is 5.91 Å². The van der Waals surface area contributed by atoms with Crippen molar-refractivity contribution in [2.24, 2.45) is 0 Å². The molecule has 1 aromatic rings. The summed E-state index contributed by atoms with van der Waals surface area (Å²) in [6, 6.07) is 3.40. The number of thioether (sulfide) groups is 1. The molecule has 1 aromatic carbocycles. The van der Waals surface area contributed by atoms with Gasteiger partial charge in [-0.25, -0.2) is 0 Å². The lowest BCUT2D eigenvalue weighted by atomic mass is 10.3. The van der Waals surface area contributed by atoms with Gasteiger partial charge < -0.3 is 4.90 Å². The lowest BCUT2D eigenvalue weighted by molar-refractivity contribution is -0.396. The molecule has 8 nitrogen and oxygen atoms in total. The summed E-state index contributed by atoms with van der Waals surface area (Å²) in [7, 11) is 0. The van der Waals surface area contributed by atoms with Crippen LogP contribution in [-0.4, -0.2) is 39.5 Å². The fourth-order valence-electron chi connectivity index (χ4n) is 1.69. The molecule has 0 bridgehead atoms. The van der Waals surface area contributed by atoms with Crippen LogP contribution in [0.4, 0.5) is 11.4 Å². The number of hydrogen-bond acceptors (Lipinski definition) is 6. The number of nitro benzene ring substituents is 2. The molecule has 0 aliphatic rings. The standard InChI is InChI=1S/C12H15N3O5S/c1-3-13(4-2)12(16)8-21-11-6-5-9(14(17)18)7-10(11)15(19)20/h5-7H,3-4,8H2,1-2H3. The summed E-state index contributed by atoms with van der Waals surface area (Å²) in [6.07, 6.45) is 0. The van der Waals surface area contributed by atoms with E-state index in [1.165, 1.54) is 12.1 Å². The van der Waals surface area contributed by atoms with Crippen LogP contribution in [0.15, 0.2) is 23.1 Å². The predicted molar refractivity (Wildman–Crippen MR) is 78.4 cm³/mol. The van der Waals surface area contributed by atoms with Crippen molar-refractivity contribution in [2.45, 2.75) is 18.7 Å². The number of carbonyl (C=O) groups excluding carboxylic acids is 1. The summed E-state index contributed by atoms with van der Waals surface area (Å²) < 4.78 is 0. The second-order valence-electron chi connectivity index (χ2n) is 4.02. The quantitative estimate of drug-likeness (QED) is 0.435. The van der Waals surface area contributed by atoms with Gasteiger partial charge in [-0.2, -0.15) is 0 Å². The second-order valence-corrected chi connectivity index (χ2v) is 5.04. The topological polar surface area (TPSA) is 107 Å². The van der Waals surface area contributed by atoms with Gasteiger partial charge in [-0.3, -0.25) is 25.0 Å². The van der Waals surface area contributed by atoms with Crippen molar-refractivity contribution >= 4 is 29.0 Å². The predicted octanol–water partition coefficient (Wildman–Crippen LogP) is 2.46. The maximum Gasteiger partial charge on any atom is 0.289 e. The Balaban J connectivity index is 2.91. The molecular weight excluding hydrogens is 298 g/mol. The molecule has 9 heteroatoms. The molecule has 0 unspecified atom stereocenters. The molecule has 0 atom stereocenters. The highest BCUT2D eigenvalue weighted by Crippen LogP contribution is 2.32. The second kappa shape index (κ2) is 7.58. The Kier molecular flexibility index (Phi) is 6.10. The maximum absolute atomic E-state index is 11.9. The monoisotopic (exact) mass is 313 g/mol. The normalized spacial score (nSPS) is 10.2. The molecule has 0 spiro atoms. The van der Waals surface area contributed by atoms with Gasteiger partial charge in [-0.15, -0.1) is 11.8 Å². The van der Waals surface area contributed by atoms with Crippen molar-refractivity contribution in [2.75, 3.05) is 18.8 Å². The molecular formula is C12H15N3O5S. The van der Waals surface area contributed by atoms with Gasteiger partial charge in [-0.05, 0) is 19.9 Å². The van der Waals surface area contributed by atoms with Crippen molar-refractivity contribution in [3.8, 4) is 0 Å². The molecule has 0 radical (unpaired) electrons. The first-order valence-electron chi connectivity index (χ1n) is 6.24. The molecule has 0 aliphatic carbocycles. The van der Waals surface area contributed by atoms with Crippen molar-refractivity contribution in [1.29, 1.82) is 0 Å². The van der Waals surface area contributed by atoms with E-state index >= 15 is 0 Å².